The lowest BCUT2D eigenvalue weighted by atomic mass is 9.68. The minimum absolute atomic E-state index is 0.0446. The first-order chi connectivity index (χ1) is 8.45. The van der Waals surface area contributed by atoms with Gasteiger partial charge in [0.1, 0.15) is 11.2 Å². The number of amides is 1. The van der Waals surface area contributed by atoms with Gasteiger partial charge in [-0.1, -0.05) is 18.0 Å². The van der Waals surface area contributed by atoms with Crippen LogP contribution in [0.15, 0.2) is 18.2 Å². The van der Waals surface area contributed by atoms with Crippen LogP contribution in [0.2, 0.25) is 5.02 Å². The quantitative estimate of drug-likeness (QED) is 0.831. The summed E-state index contributed by atoms with van der Waals surface area (Å²) >= 11 is 5.76. The molecule has 96 valence electrons. The second-order valence-electron chi connectivity index (χ2n) is 4.32. The van der Waals surface area contributed by atoms with E-state index in [2.05, 4.69) is 5.32 Å². The van der Waals surface area contributed by atoms with Crippen molar-refractivity contribution < 1.29 is 19.1 Å². The van der Waals surface area contributed by atoms with Gasteiger partial charge in [0.2, 0.25) is 5.91 Å². The highest BCUT2D eigenvalue weighted by molar-refractivity contribution is 6.33. The summed E-state index contributed by atoms with van der Waals surface area (Å²) in [6.45, 7) is 0. The molecule has 6 heteroatoms. The van der Waals surface area contributed by atoms with Crippen molar-refractivity contribution in [3.63, 3.8) is 0 Å². The number of aliphatic carboxylic acids is 1. The number of hydrogen-bond donors (Lipinski definition) is 2. The number of carbonyl (C=O) groups is 2. The van der Waals surface area contributed by atoms with Crippen molar-refractivity contribution in [2.24, 2.45) is 5.41 Å². The van der Waals surface area contributed by atoms with Crippen molar-refractivity contribution in [1.29, 1.82) is 0 Å². The first-order valence-electron chi connectivity index (χ1n) is 5.45. The zero-order valence-electron chi connectivity index (χ0n) is 9.37. The van der Waals surface area contributed by atoms with E-state index >= 15 is 0 Å². The first kappa shape index (κ1) is 12.8. The van der Waals surface area contributed by atoms with Crippen LogP contribution in [0.5, 0.6) is 0 Å². The molecule has 0 unspecified atom stereocenters. The number of carboxylic acid groups (broad SMARTS) is 1. The van der Waals surface area contributed by atoms with Gasteiger partial charge in [0.15, 0.2) is 0 Å². The van der Waals surface area contributed by atoms with E-state index in [1.165, 1.54) is 6.07 Å². The molecule has 0 bridgehead atoms. The van der Waals surface area contributed by atoms with Crippen LogP contribution in [0.1, 0.15) is 19.3 Å². The number of carboxylic acids is 1. The van der Waals surface area contributed by atoms with Crippen LogP contribution < -0.4 is 5.32 Å². The van der Waals surface area contributed by atoms with E-state index in [1.807, 2.05) is 0 Å². The van der Waals surface area contributed by atoms with Gasteiger partial charge in [-0.05, 0) is 31.0 Å². The highest BCUT2D eigenvalue weighted by Crippen LogP contribution is 2.42. The second kappa shape index (κ2) is 4.57. The summed E-state index contributed by atoms with van der Waals surface area (Å²) in [5, 5.41) is 11.6. The van der Waals surface area contributed by atoms with E-state index < -0.39 is 23.1 Å². The van der Waals surface area contributed by atoms with Crippen LogP contribution in [-0.2, 0) is 9.59 Å². The summed E-state index contributed by atoms with van der Waals surface area (Å²) in [6, 6.07) is 3.52. The number of rotatable bonds is 3. The fourth-order valence-corrected chi connectivity index (χ4v) is 2.12. The van der Waals surface area contributed by atoms with Crippen LogP contribution in [0.4, 0.5) is 10.1 Å². The third-order valence-corrected chi connectivity index (χ3v) is 3.54. The van der Waals surface area contributed by atoms with Gasteiger partial charge in [-0.2, -0.15) is 0 Å². The SMILES string of the molecule is O=C(O)C1(C(=O)Nc2ccc(F)cc2Cl)CCC1. The van der Waals surface area contributed by atoms with Crippen LogP contribution in [0, 0.1) is 11.2 Å². The Labute approximate surface area is 108 Å². The molecule has 0 saturated heterocycles. The van der Waals surface area contributed by atoms with Crippen LogP contribution in [-0.4, -0.2) is 17.0 Å². The molecule has 1 saturated carbocycles. The van der Waals surface area contributed by atoms with Crippen LogP contribution in [0.3, 0.4) is 0 Å². The lowest BCUT2D eigenvalue weighted by molar-refractivity contribution is -0.159. The predicted molar refractivity (Wildman–Crippen MR) is 64.0 cm³/mol. The number of halogens is 2. The van der Waals surface area contributed by atoms with Gasteiger partial charge in [0, 0.05) is 0 Å². The third-order valence-electron chi connectivity index (χ3n) is 3.23. The number of anilines is 1. The third kappa shape index (κ3) is 2.06. The Hall–Kier alpha value is -1.62. The van der Waals surface area contributed by atoms with E-state index in [1.54, 1.807) is 0 Å². The van der Waals surface area contributed by atoms with Gasteiger partial charge in [0.25, 0.3) is 0 Å². The maximum absolute atomic E-state index is 12.8. The largest absolute Gasteiger partial charge is 0.480 e. The standard InChI is InChI=1S/C12H11ClFNO3/c13-8-6-7(14)2-3-9(8)15-10(16)12(11(17)18)4-1-5-12/h2-3,6H,1,4-5H2,(H,15,16)(H,17,18). The van der Waals surface area contributed by atoms with Crippen molar-refractivity contribution in [3.05, 3.63) is 29.0 Å². The molecule has 0 radical (unpaired) electrons. The Bertz CT molecular complexity index is 514. The molecular formula is C12H11ClFNO3. The average Bonchev–Trinajstić information content (AvgIpc) is 2.19. The summed E-state index contributed by atoms with van der Waals surface area (Å²) in [5.74, 6) is -2.26. The summed E-state index contributed by atoms with van der Waals surface area (Å²) in [6.07, 6.45) is 1.33. The molecule has 0 aliphatic heterocycles. The maximum Gasteiger partial charge on any atom is 0.319 e. The fraction of sp³-hybridized carbons (Fsp3) is 0.333. The first-order valence-corrected chi connectivity index (χ1v) is 5.83. The number of benzene rings is 1. The van der Waals surface area contributed by atoms with Crippen molar-refractivity contribution in [2.45, 2.75) is 19.3 Å². The lowest BCUT2D eigenvalue weighted by Crippen LogP contribution is -2.48. The average molecular weight is 272 g/mol. The lowest BCUT2D eigenvalue weighted by Gasteiger charge is -2.35. The van der Waals surface area contributed by atoms with Gasteiger partial charge in [-0.3, -0.25) is 9.59 Å². The highest BCUT2D eigenvalue weighted by Gasteiger charge is 2.51. The minimum atomic E-state index is -1.36. The Morgan fingerprint density at radius 1 is 1.39 bits per heavy atom. The van der Waals surface area contributed by atoms with E-state index in [9.17, 15) is 14.0 Å². The number of nitrogens with one attached hydrogen (secondary N) is 1. The molecule has 2 N–H and O–H groups in total. The van der Waals surface area contributed by atoms with E-state index in [-0.39, 0.29) is 10.7 Å². The highest BCUT2D eigenvalue weighted by atomic mass is 35.5. The summed E-state index contributed by atoms with van der Waals surface area (Å²) in [4.78, 5) is 23.1. The molecule has 4 nitrogen and oxygen atoms in total. The molecule has 18 heavy (non-hydrogen) atoms. The summed E-state index contributed by atoms with van der Waals surface area (Å²) < 4.78 is 12.8. The Morgan fingerprint density at radius 2 is 2.06 bits per heavy atom. The normalized spacial score (nSPS) is 16.8. The predicted octanol–water partition coefficient (Wildman–Crippen LogP) is 2.67. The van der Waals surface area contributed by atoms with Crippen molar-refractivity contribution in [2.75, 3.05) is 5.32 Å². The van der Waals surface area contributed by atoms with Crippen LogP contribution >= 0.6 is 11.6 Å². The van der Waals surface area contributed by atoms with E-state index in [0.717, 1.165) is 12.1 Å². The van der Waals surface area contributed by atoms with Gasteiger partial charge in [-0.15, -0.1) is 0 Å². The second-order valence-corrected chi connectivity index (χ2v) is 4.73. The van der Waals surface area contributed by atoms with Crippen molar-refractivity contribution in [1.82, 2.24) is 0 Å². The molecule has 1 aromatic carbocycles. The number of carbonyl (C=O) groups excluding carboxylic acids is 1. The van der Waals surface area contributed by atoms with E-state index in [4.69, 9.17) is 16.7 Å². The molecule has 1 aromatic rings. The molecular weight excluding hydrogens is 261 g/mol. The van der Waals surface area contributed by atoms with E-state index in [0.29, 0.717) is 19.3 Å². The Morgan fingerprint density at radius 3 is 2.50 bits per heavy atom. The van der Waals surface area contributed by atoms with Gasteiger partial charge < -0.3 is 10.4 Å². The summed E-state index contributed by atoms with van der Waals surface area (Å²) in [7, 11) is 0. The van der Waals surface area contributed by atoms with Crippen LogP contribution in [0.25, 0.3) is 0 Å². The molecule has 2 rings (SSSR count). The van der Waals surface area contributed by atoms with Gasteiger partial charge in [-0.25, -0.2) is 4.39 Å². The molecule has 1 aliphatic carbocycles. The number of hydrogen-bond acceptors (Lipinski definition) is 2. The monoisotopic (exact) mass is 271 g/mol. The molecule has 0 heterocycles. The van der Waals surface area contributed by atoms with Gasteiger partial charge >= 0.3 is 5.97 Å². The van der Waals surface area contributed by atoms with Crippen molar-refractivity contribution >= 4 is 29.2 Å². The zero-order valence-corrected chi connectivity index (χ0v) is 10.1. The molecule has 0 spiro atoms. The Balaban J connectivity index is 2.19. The molecule has 0 atom stereocenters. The topological polar surface area (TPSA) is 66.4 Å². The summed E-state index contributed by atoms with van der Waals surface area (Å²) in [5.41, 5.74) is -1.15. The molecule has 1 aliphatic rings. The molecule has 1 amide bonds. The smallest absolute Gasteiger partial charge is 0.319 e. The molecule has 0 aromatic heterocycles. The van der Waals surface area contributed by atoms with Gasteiger partial charge in [0.05, 0.1) is 10.7 Å². The van der Waals surface area contributed by atoms with Crippen molar-refractivity contribution in [3.8, 4) is 0 Å². The minimum Gasteiger partial charge on any atom is -0.480 e. The Kier molecular flexibility index (Phi) is 3.26. The maximum atomic E-state index is 12.8. The zero-order chi connectivity index (χ0) is 13.3. The fourth-order valence-electron chi connectivity index (χ4n) is 1.90. The molecule has 1 fully saturated rings.